The van der Waals surface area contributed by atoms with Crippen LogP contribution in [0.25, 0.3) is 0 Å². The van der Waals surface area contributed by atoms with Crippen LogP contribution in [0.3, 0.4) is 0 Å². The van der Waals surface area contributed by atoms with Crippen molar-refractivity contribution in [3.05, 3.63) is 47.5 Å². The summed E-state index contributed by atoms with van der Waals surface area (Å²) in [5, 5.41) is 5.13. The Morgan fingerprint density at radius 2 is 2.04 bits per heavy atom. The first-order valence-corrected chi connectivity index (χ1v) is 7.63. The zero-order chi connectivity index (χ0) is 16.7. The fraction of sp³-hybridized carbons (Fsp3) is 0.353. The second kappa shape index (κ2) is 8.12. The summed E-state index contributed by atoms with van der Waals surface area (Å²) < 4.78 is 0. The molecule has 0 unspecified atom stereocenters. The molecule has 1 aliphatic heterocycles. The second-order valence-corrected chi connectivity index (χ2v) is 5.47. The van der Waals surface area contributed by atoms with Gasteiger partial charge in [-0.3, -0.25) is 14.5 Å². The number of urea groups is 1. The number of amides is 4. The van der Waals surface area contributed by atoms with Crippen LogP contribution in [0.5, 0.6) is 0 Å². The summed E-state index contributed by atoms with van der Waals surface area (Å²) in [6.07, 6.45) is 3.26. The molecule has 1 fully saturated rings. The Balaban J connectivity index is 1.70. The van der Waals surface area contributed by atoms with Crippen molar-refractivity contribution in [3.63, 3.8) is 0 Å². The molecule has 6 nitrogen and oxygen atoms in total. The van der Waals surface area contributed by atoms with Crippen LogP contribution in [0.15, 0.2) is 42.0 Å². The number of nitrogens with one attached hydrogen (secondary N) is 2. The smallest absolute Gasteiger partial charge is 0.324 e. The molecule has 1 aromatic rings. The van der Waals surface area contributed by atoms with Crippen LogP contribution in [0.2, 0.25) is 0 Å². The SMILES string of the molecule is CC(=CC(=O)NCCN1C(=O)CNC1=O)CCc1ccccc1. The van der Waals surface area contributed by atoms with E-state index in [2.05, 4.69) is 22.8 Å². The van der Waals surface area contributed by atoms with E-state index in [0.717, 1.165) is 23.3 Å². The number of hydrogen-bond donors (Lipinski definition) is 2. The van der Waals surface area contributed by atoms with Crippen molar-refractivity contribution < 1.29 is 14.4 Å². The highest BCUT2D eigenvalue weighted by atomic mass is 16.2. The summed E-state index contributed by atoms with van der Waals surface area (Å²) in [6, 6.07) is 9.69. The lowest BCUT2D eigenvalue weighted by atomic mass is 10.1. The third-order valence-corrected chi connectivity index (χ3v) is 3.60. The molecule has 2 rings (SSSR count). The minimum atomic E-state index is -0.404. The van der Waals surface area contributed by atoms with Crippen molar-refractivity contribution in [1.29, 1.82) is 0 Å². The summed E-state index contributed by atoms with van der Waals surface area (Å²) in [6.45, 7) is 2.39. The van der Waals surface area contributed by atoms with E-state index >= 15 is 0 Å². The molecule has 1 heterocycles. The molecule has 2 N–H and O–H groups in total. The van der Waals surface area contributed by atoms with E-state index in [1.54, 1.807) is 6.08 Å². The van der Waals surface area contributed by atoms with E-state index in [4.69, 9.17) is 0 Å². The zero-order valence-electron chi connectivity index (χ0n) is 13.2. The van der Waals surface area contributed by atoms with Gasteiger partial charge < -0.3 is 10.6 Å². The molecule has 4 amide bonds. The molecule has 0 radical (unpaired) electrons. The van der Waals surface area contributed by atoms with Crippen LogP contribution < -0.4 is 10.6 Å². The summed E-state index contributed by atoms with van der Waals surface area (Å²) in [5.41, 5.74) is 2.22. The van der Waals surface area contributed by atoms with Gasteiger partial charge in [0.1, 0.15) is 0 Å². The van der Waals surface area contributed by atoms with Crippen molar-refractivity contribution in [2.24, 2.45) is 0 Å². The minimum Gasteiger partial charge on any atom is -0.351 e. The summed E-state index contributed by atoms with van der Waals surface area (Å²) in [4.78, 5) is 35.6. The number of imide groups is 1. The Kier molecular flexibility index (Phi) is 5.91. The van der Waals surface area contributed by atoms with E-state index in [0.29, 0.717) is 0 Å². The Morgan fingerprint density at radius 3 is 2.70 bits per heavy atom. The van der Waals surface area contributed by atoms with Crippen molar-refractivity contribution in [1.82, 2.24) is 15.5 Å². The third-order valence-electron chi connectivity index (χ3n) is 3.60. The standard InChI is InChI=1S/C17H21N3O3/c1-13(7-8-14-5-3-2-4-6-14)11-15(21)18-9-10-20-16(22)12-19-17(20)23/h2-6,11H,7-10,12H2,1H3,(H,18,21)(H,19,23). The lowest BCUT2D eigenvalue weighted by Gasteiger charge is -2.12. The molecule has 1 aromatic carbocycles. The highest BCUT2D eigenvalue weighted by Crippen LogP contribution is 2.08. The molecule has 6 heteroatoms. The fourth-order valence-electron chi connectivity index (χ4n) is 2.31. The highest BCUT2D eigenvalue weighted by molar-refractivity contribution is 6.02. The summed E-state index contributed by atoms with van der Waals surface area (Å²) >= 11 is 0. The van der Waals surface area contributed by atoms with Crippen LogP contribution in [0.4, 0.5) is 4.79 Å². The topological polar surface area (TPSA) is 78.5 Å². The number of allylic oxidation sites excluding steroid dienone is 1. The first kappa shape index (κ1) is 16.7. The molecule has 23 heavy (non-hydrogen) atoms. The molecular formula is C17H21N3O3. The van der Waals surface area contributed by atoms with Crippen molar-refractivity contribution in [2.75, 3.05) is 19.6 Å². The maximum atomic E-state index is 11.8. The van der Waals surface area contributed by atoms with E-state index in [-0.39, 0.29) is 31.4 Å². The van der Waals surface area contributed by atoms with Gasteiger partial charge in [-0.15, -0.1) is 0 Å². The van der Waals surface area contributed by atoms with Crippen molar-refractivity contribution in [3.8, 4) is 0 Å². The third kappa shape index (κ3) is 5.25. The molecule has 1 saturated heterocycles. The fourth-order valence-corrected chi connectivity index (χ4v) is 2.31. The quantitative estimate of drug-likeness (QED) is 0.587. The van der Waals surface area contributed by atoms with Gasteiger partial charge >= 0.3 is 6.03 Å². The summed E-state index contributed by atoms with van der Waals surface area (Å²) in [5.74, 6) is -0.471. The monoisotopic (exact) mass is 315 g/mol. The van der Waals surface area contributed by atoms with Gasteiger partial charge in [0.25, 0.3) is 0 Å². The van der Waals surface area contributed by atoms with Gasteiger partial charge in [-0.05, 0) is 25.3 Å². The van der Waals surface area contributed by atoms with Gasteiger partial charge in [0, 0.05) is 19.2 Å². The molecule has 0 aromatic heterocycles. The van der Waals surface area contributed by atoms with Gasteiger partial charge in [-0.2, -0.15) is 0 Å². The normalized spacial score (nSPS) is 14.8. The highest BCUT2D eigenvalue weighted by Gasteiger charge is 2.27. The Morgan fingerprint density at radius 1 is 1.30 bits per heavy atom. The average Bonchev–Trinajstić information content (AvgIpc) is 2.86. The molecule has 0 bridgehead atoms. The molecule has 1 aliphatic rings. The lowest BCUT2D eigenvalue weighted by molar-refractivity contribution is -0.125. The Hall–Kier alpha value is -2.63. The van der Waals surface area contributed by atoms with Gasteiger partial charge in [-0.25, -0.2) is 4.79 Å². The van der Waals surface area contributed by atoms with Crippen LogP contribution in [-0.4, -0.2) is 42.4 Å². The van der Waals surface area contributed by atoms with Gasteiger partial charge in [0.2, 0.25) is 11.8 Å². The number of nitrogens with zero attached hydrogens (tertiary/aromatic N) is 1. The van der Waals surface area contributed by atoms with E-state index in [1.165, 1.54) is 5.56 Å². The largest absolute Gasteiger partial charge is 0.351 e. The van der Waals surface area contributed by atoms with Crippen LogP contribution >= 0.6 is 0 Å². The average molecular weight is 315 g/mol. The molecular weight excluding hydrogens is 294 g/mol. The number of benzene rings is 1. The lowest BCUT2D eigenvalue weighted by Crippen LogP contribution is -2.38. The Bertz CT molecular complexity index is 595. The van der Waals surface area contributed by atoms with Crippen molar-refractivity contribution >= 4 is 17.8 Å². The molecule has 0 spiro atoms. The number of rotatable bonds is 7. The minimum absolute atomic E-state index is 0.0330. The van der Waals surface area contributed by atoms with Gasteiger partial charge in [0.15, 0.2) is 0 Å². The maximum Gasteiger partial charge on any atom is 0.324 e. The van der Waals surface area contributed by atoms with Crippen LogP contribution in [0, 0.1) is 0 Å². The first-order chi connectivity index (χ1) is 11.1. The van der Waals surface area contributed by atoms with Gasteiger partial charge in [-0.1, -0.05) is 35.9 Å². The van der Waals surface area contributed by atoms with Crippen LogP contribution in [-0.2, 0) is 16.0 Å². The number of carbonyl (C=O) groups is 3. The van der Waals surface area contributed by atoms with Crippen molar-refractivity contribution in [2.45, 2.75) is 19.8 Å². The first-order valence-electron chi connectivity index (χ1n) is 7.63. The molecule has 0 atom stereocenters. The number of aryl methyl sites for hydroxylation is 1. The zero-order valence-corrected chi connectivity index (χ0v) is 13.2. The molecule has 0 saturated carbocycles. The van der Waals surface area contributed by atoms with Gasteiger partial charge in [0.05, 0.1) is 6.54 Å². The number of carbonyl (C=O) groups excluding carboxylic acids is 3. The molecule has 122 valence electrons. The molecule has 0 aliphatic carbocycles. The predicted molar refractivity (Wildman–Crippen MR) is 86.6 cm³/mol. The number of hydrogen-bond acceptors (Lipinski definition) is 3. The predicted octanol–water partition coefficient (Wildman–Crippen LogP) is 1.23. The summed E-state index contributed by atoms with van der Waals surface area (Å²) in [7, 11) is 0. The second-order valence-electron chi connectivity index (χ2n) is 5.47. The van der Waals surface area contributed by atoms with Crippen LogP contribution in [0.1, 0.15) is 18.9 Å². The Labute approximate surface area is 135 Å². The van der Waals surface area contributed by atoms with E-state index in [1.807, 2.05) is 25.1 Å². The van der Waals surface area contributed by atoms with E-state index < -0.39 is 6.03 Å². The van der Waals surface area contributed by atoms with E-state index in [9.17, 15) is 14.4 Å². The maximum absolute atomic E-state index is 11.8.